The number of hydrogen-bond donors (Lipinski definition) is 1. The minimum absolute atomic E-state index is 0.00470. The molecule has 0 atom stereocenters. The fourth-order valence-corrected chi connectivity index (χ4v) is 4.46. The third kappa shape index (κ3) is 5.17. The fraction of sp³-hybridized carbons (Fsp3) is 0.240. The van der Waals surface area contributed by atoms with Gasteiger partial charge in [-0.1, -0.05) is 32.4 Å². The number of nitrogens with zero attached hydrogens (tertiary/aromatic N) is 4. The molecule has 0 saturated heterocycles. The molecule has 36 heavy (non-hydrogen) atoms. The van der Waals surface area contributed by atoms with Crippen LogP contribution in [-0.2, 0) is 13.1 Å². The zero-order chi connectivity index (χ0) is 26.0. The summed E-state index contributed by atoms with van der Waals surface area (Å²) in [4.78, 5) is 40.0. The molecule has 0 aliphatic heterocycles. The van der Waals surface area contributed by atoms with Gasteiger partial charge in [0.15, 0.2) is 5.76 Å². The highest BCUT2D eigenvalue weighted by molar-refractivity contribution is 7.16. The second-order valence-corrected chi connectivity index (χ2v) is 10.8. The van der Waals surface area contributed by atoms with Crippen LogP contribution in [0.15, 0.2) is 58.1 Å². The van der Waals surface area contributed by atoms with Crippen LogP contribution in [0, 0.1) is 16.7 Å². The number of furan rings is 1. The number of carbonyl (C=O) groups is 2. The SMILES string of the molecule is CC(C)(C)C(=O)n1nc(-c2c(C#N)ccn(CC(=O)c3ccco3)c2=O)cc1NCc1ccc(Cl)s1. The van der Waals surface area contributed by atoms with Gasteiger partial charge in [-0.3, -0.25) is 14.4 Å². The maximum Gasteiger partial charge on any atom is 0.261 e. The predicted molar refractivity (Wildman–Crippen MR) is 136 cm³/mol. The third-order valence-electron chi connectivity index (χ3n) is 5.27. The molecule has 9 nitrogen and oxygen atoms in total. The number of thiophene rings is 1. The van der Waals surface area contributed by atoms with Crippen LogP contribution >= 0.6 is 22.9 Å². The lowest BCUT2D eigenvalue weighted by atomic mass is 9.96. The molecule has 0 saturated carbocycles. The maximum absolute atomic E-state index is 13.4. The van der Waals surface area contributed by atoms with Gasteiger partial charge in [-0.05, 0) is 30.3 Å². The quantitative estimate of drug-likeness (QED) is 0.335. The van der Waals surface area contributed by atoms with Gasteiger partial charge in [0, 0.05) is 22.6 Å². The summed E-state index contributed by atoms with van der Waals surface area (Å²) in [6, 6.07) is 11.7. The first-order valence-electron chi connectivity index (χ1n) is 10.9. The topological polar surface area (TPSA) is 123 Å². The average molecular weight is 524 g/mol. The van der Waals surface area contributed by atoms with Crippen LogP contribution in [0.4, 0.5) is 5.82 Å². The van der Waals surface area contributed by atoms with Crippen LogP contribution in [0.3, 0.4) is 0 Å². The number of ketones is 1. The van der Waals surface area contributed by atoms with Gasteiger partial charge in [0.25, 0.3) is 11.5 Å². The Morgan fingerprint density at radius 3 is 2.64 bits per heavy atom. The standard InChI is InChI=1S/C25H22ClN5O4S/c1-25(2,3)24(34)31-21(28-13-16-6-7-20(26)36-16)11-17(29-31)22-15(12-27)8-9-30(23(22)33)14-18(32)19-5-4-10-35-19/h4-11,28H,13-14H2,1-3H3. The first-order chi connectivity index (χ1) is 17.1. The summed E-state index contributed by atoms with van der Waals surface area (Å²) < 4.78 is 8.15. The molecule has 0 aliphatic carbocycles. The van der Waals surface area contributed by atoms with E-state index in [1.807, 2.05) is 12.1 Å². The third-order valence-corrected chi connectivity index (χ3v) is 6.50. The van der Waals surface area contributed by atoms with E-state index in [0.29, 0.717) is 16.7 Å². The van der Waals surface area contributed by atoms with Crippen molar-refractivity contribution in [3.8, 4) is 17.3 Å². The highest BCUT2D eigenvalue weighted by Gasteiger charge is 2.28. The molecule has 0 aromatic carbocycles. The normalized spacial score (nSPS) is 11.3. The van der Waals surface area contributed by atoms with Gasteiger partial charge in [0.1, 0.15) is 17.6 Å². The molecule has 0 radical (unpaired) electrons. The smallest absolute Gasteiger partial charge is 0.261 e. The molecule has 0 bridgehead atoms. The van der Waals surface area contributed by atoms with Crippen LogP contribution in [0.5, 0.6) is 0 Å². The number of halogens is 1. The van der Waals surface area contributed by atoms with Gasteiger partial charge >= 0.3 is 0 Å². The van der Waals surface area contributed by atoms with Gasteiger partial charge in [-0.2, -0.15) is 15.0 Å². The molecule has 0 unspecified atom stereocenters. The molecule has 4 rings (SSSR count). The van der Waals surface area contributed by atoms with Crippen LogP contribution in [0.2, 0.25) is 4.34 Å². The molecule has 4 aromatic heterocycles. The Balaban J connectivity index is 1.77. The number of carbonyl (C=O) groups excluding carboxylic acids is 2. The molecule has 4 aromatic rings. The van der Waals surface area contributed by atoms with Gasteiger partial charge in [0.05, 0.1) is 34.8 Å². The fourth-order valence-electron chi connectivity index (χ4n) is 3.44. The van der Waals surface area contributed by atoms with Crippen molar-refractivity contribution in [3.63, 3.8) is 0 Å². The number of nitrogens with one attached hydrogen (secondary N) is 1. The van der Waals surface area contributed by atoms with E-state index in [1.165, 1.54) is 45.2 Å². The zero-order valence-electron chi connectivity index (χ0n) is 19.7. The van der Waals surface area contributed by atoms with Crippen molar-refractivity contribution in [2.75, 3.05) is 5.32 Å². The Morgan fingerprint density at radius 2 is 2.03 bits per heavy atom. The van der Waals surface area contributed by atoms with Crippen LogP contribution in [0.1, 0.15) is 46.6 Å². The van der Waals surface area contributed by atoms with Gasteiger partial charge < -0.3 is 14.3 Å². The van der Waals surface area contributed by atoms with E-state index in [2.05, 4.69) is 10.4 Å². The van der Waals surface area contributed by atoms with Gasteiger partial charge in [-0.25, -0.2) is 0 Å². The van der Waals surface area contributed by atoms with Crippen molar-refractivity contribution < 1.29 is 14.0 Å². The number of rotatable bonds is 7. The Labute approximate surface area is 215 Å². The van der Waals surface area contributed by atoms with E-state index in [-0.39, 0.29) is 35.0 Å². The minimum Gasteiger partial charge on any atom is -0.461 e. The van der Waals surface area contributed by atoms with Crippen molar-refractivity contribution in [3.05, 3.63) is 79.7 Å². The highest BCUT2D eigenvalue weighted by atomic mass is 35.5. The molecule has 0 fully saturated rings. The lowest BCUT2D eigenvalue weighted by Crippen LogP contribution is -2.29. The summed E-state index contributed by atoms with van der Waals surface area (Å²) in [6.45, 7) is 5.38. The molecule has 1 N–H and O–H groups in total. The number of aromatic nitrogens is 3. The average Bonchev–Trinajstić information content (AvgIpc) is 3.59. The number of pyridine rings is 1. The lowest BCUT2D eigenvalue weighted by Gasteiger charge is -2.18. The molecular formula is C25H22ClN5O4S. The molecule has 0 aliphatic rings. The number of anilines is 1. The van der Waals surface area contributed by atoms with E-state index in [4.69, 9.17) is 16.0 Å². The summed E-state index contributed by atoms with van der Waals surface area (Å²) in [5, 5.41) is 17.3. The van der Waals surface area contributed by atoms with Crippen molar-refractivity contribution in [1.82, 2.24) is 14.3 Å². The predicted octanol–water partition coefficient (Wildman–Crippen LogP) is 5.07. The molecule has 4 heterocycles. The summed E-state index contributed by atoms with van der Waals surface area (Å²) in [5.41, 5.74) is -1.14. The summed E-state index contributed by atoms with van der Waals surface area (Å²) in [6.07, 6.45) is 2.75. The summed E-state index contributed by atoms with van der Waals surface area (Å²) in [5.74, 6) is -0.223. The largest absolute Gasteiger partial charge is 0.461 e. The second kappa shape index (κ2) is 9.97. The first-order valence-corrected chi connectivity index (χ1v) is 12.1. The second-order valence-electron chi connectivity index (χ2n) is 8.99. The van der Waals surface area contributed by atoms with Crippen molar-refractivity contribution in [2.45, 2.75) is 33.9 Å². The van der Waals surface area contributed by atoms with E-state index >= 15 is 0 Å². The van der Waals surface area contributed by atoms with Crippen molar-refractivity contribution in [2.24, 2.45) is 5.41 Å². The lowest BCUT2D eigenvalue weighted by molar-refractivity contribution is 0.0752. The number of Topliss-reactive ketones (excluding diaryl/α,β-unsaturated/α-hetero) is 1. The van der Waals surface area contributed by atoms with Crippen molar-refractivity contribution in [1.29, 1.82) is 5.26 Å². The van der Waals surface area contributed by atoms with Crippen LogP contribution in [0.25, 0.3) is 11.3 Å². The van der Waals surface area contributed by atoms with E-state index in [1.54, 1.807) is 39.0 Å². The number of nitriles is 1. The van der Waals surface area contributed by atoms with E-state index < -0.39 is 16.8 Å². The zero-order valence-corrected chi connectivity index (χ0v) is 21.3. The van der Waals surface area contributed by atoms with Crippen LogP contribution < -0.4 is 10.9 Å². The molecule has 184 valence electrons. The molecule has 0 spiro atoms. The Hall–Kier alpha value is -3.94. The monoisotopic (exact) mass is 523 g/mol. The molecule has 0 amide bonds. The molecular weight excluding hydrogens is 502 g/mol. The van der Waals surface area contributed by atoms with E-state index in [9.17, 15) is 19.6 Å². The Morgan fingerprint density at radius 1 is 1.25 bits per heavy atom. The van der Waals surface area contributed by atoms with Gasteiger partial charge in [0.2, 0.25) is 5.78 Å². The van der Waals surface area contributed by atoms with Gasteiger partial charge in [-0.15, -0.1) is 11.3 Å². The Kier molecular flexibility index (Phi) is 6.97. The summed E-state index contributed by atoms with van der Waals surface area (Å²) >= 11 is 7.42. The summed E-state index contributed by atoms with van der Waals surface area (Å²) in [7, 11) is 0. The maximum atomic E-state index is 13.4. The van der Waals surface area contributed by atoms with E-state index in [0.717, 1.165) is 4.88 Å². The van der Waals surface area contributed by atoms with Crippen LogP contribution in [-0.4, -0.2) is 26.0 Å². The minimum atomic E-state index is -0.767. The molecule has 11 heteroatoms. The van der Waals surface area contributed by atoms with Crippen molar-refractivity contribution >= 4 is 40.4 Å². The number of hydrogen-bond acceptors (Lipinski definition) is 8. The first kappa shape index (κ1) is 25.2. The highest BCUT2D eigenvalue weighted by Crippen LogP contribution is 2.27. The Bertz CT molecular complexity index is 1530.